The number of carbonyl (C=O) groups is 1. The van der Waals surface area contributed by atoms with Crippen LogP contribution in [0.3, 0.4) is 0 Å². The lowest BCUT2D eigenvalue weighted by Gasteiger charge is -2.10. The molecule has 0 fully saturated rings. The molecule has 24 heavy (non-hydrogen) atoms. The number of halogens is 3. The standard InChI is InChI=1S/C14H13F3N2O3S2/c1-8-5-11(14(15,16)17)18-6-9(8)7-19-13(20)10-3-4-12(23-10)24(2,21)22/h3-6H,7H2,1-2H3,(H,19,20). The summed E-state index contributed by atoms with van der Waals surface area (Å²) in [5.74, 6) is -0.505. The molecule has 0 saturated heterocycles. The van der Waals surface area contributed by atoms with E-state index in [0.29, 0.717) is 11.1 Å². The fourth-order valence-electron chi connectivity index (χ4n) is 1.83. The van der Waals surface area contributed by atoms with Crippen molar-refractivity contribution in [1.82, 2.24) is 10.3 Å². The predicted octanol–water partition coefficient (Wildman–Crippen LogP) is 2.80. The Balaban J connectivity index is 2.08. The van der Waals surface area contributed by atoms with Gasteiger partial charge in [0, 0.05) is 19.0 Å². The summed E-state index contributed by atoms with van der Waals surface area (Å²) in [7, 11) is -3.39. The van der Waals surface area contributed by atoms with Crippen LogP contribution in [0, 0.1) is 6.92 Å². The summed E-state index contributed by atoms with van der Waals surface area (Å²) >= 11 is 0.829. The molecule has 0 aliphatic heterocycles. The zero-order valence-electron chi connectivity index (χ0n) is 12.6. The summed E-state index contributed by atoms with van der Waals surface area (Å²) < 4.78 is 60.5. The fraction of sp³-hybridized carbons (Fsp3) is 0.286. The smallest absolute Gasteiger partial charge is 0.347 e. The first kappa shape index (κ1) is 18.4. The number of aromatic nitrogens is 1. The molecule has 2 heterocycles. The number of aryl methyl sites for hydroxylation is 1. The summed E-state index contributed by atoms with van der Waals surface area (Å²) in [6, 6.07) is 3.63. The number of thiophene rings is 1. The summed E-state index contributed by atoms with van der Waals surface area (Å²) in [6.07, 6.45) is -2.42. The van der Waals surface area contributed by atoms with E-state index in [4.69, 9.17) is 0 Å². The molecule has 2 aromatic rings. The Labute approximate surface area is 140 Å². The fourth-order valence-corrected chi connectivity index (χ4v) is 3.67. The average Bonchev–Trinajstić information content (AvgIpc) is 2.94. The minimum atomic E-state index is -4.52. The van der Waals surface area contributed by atoms with Crippen LogP contribution in [0.5, 0.6) is 0 Å². The number of nitrogens with one attached hydrogen (secondary N) is 1. The van der Waals surface area contributed by atoms with Crippen LogP contribution in [0.1, 0.15) is 26.5 Å². The summed E-state index contributed by atoms with van der Waals surface area (Å²) in [5.41, 5.74) is -0.206. The molecular weight excluding hydrogens is 365 g/mol. The Kier molecular flexibility index (Phi) is 5.00. The number of sulfone groups is 1. The SMILES string of the molecule is Cc1cc(C(F)(F)F)ncc1CNC(=O)c1ccc(S(C)(=O)=O)s1. The molecule has 130 valence electrons. The van der Waals surface area contributed by atoms with Gasteiger partial charge in [0.25, 0.3) is 5.91 Å². The van der Waals surface area contributed by atoms with Gasteiger partial charge in [-0.15, -0.1) is 11.3 Å². The van der Waals surface area contributed by atoms with Crippen molar-refractivity contribution in [3.63, 3.8) is 0 Å². The molecule has 0 unspecified atom stereocenters. The Morgan fingerprint density at radius 3 is 2.50 bits per heavy atom. The molecule has 1 N–H and O–H groups in total. The largest absolute Gasteiger partial charge is 0.433 e. The number of alkyl halides is 3. The third kappa shape index (κ3) is 4.32. The maximum absolute atomic E-state index is 12.6. The molecule has 0 bridgehead atoms. The number of amides is 1. The van der Waals surface area contributed by atoms with E-state index in [9.17, 15) is 26.4 Å². The highest BCUT2D eigenvalue weighted by atomic mass is 32.2. The highest BCUT2D eigenvalue weighted by molar-refractivity contribution is 7.92. The first-order valence-corrected chi connectivity index (χ1v) is 9.30. The van der Waals surface area contributed by atoms with E-state index in [1.807, 2.05) is 0 Å². The number of pyridine rings is 1. The Hall–Kier alpha value is -1.94. The average molecular weight is 378 g/mol. The second-order valence-corrected chi connectivity index (χ2v) is 8.39. The maximum atomic E-state index is 12.6. The molecule has 0 aliphatic rings. The second-order valence-electron chi connectivity index (χ2n) is 5.07. The van der Waals surface area contributed by atoms with Crippen molar-refractivity contribution in [3.05, 3.63) is 46.1 Å². The number of nitrogens with zero attached hydrogens (tertiary/aromatic N) is 1. The Morgan fingerprint density at radius 1 is 1.33 bits per heavy atom. The van der Waals surface area contributed by atoms with Gasteiger partial charge in [0.2, 0.25) is 0 Å². The van der Waals surface area contributed by atoms with Crippen LogP contribution < -0.4 is 5.32 Å². The molecule has 1 amide bonds. The summed E-state index contributed by atoms with van der Waals surface area (Å²) in [6.45, 7) is 1.48. The molecule has 5 nitrogen and oxygen atoms in total. The van der Waals surface area contributed by atoms with Crippen LogP contribution in [0.4, 0.5) is 13.2 Å². The van der Waals surface area contributed by atoms with Gasteiger partial charge in [-0.2, -0.15) is 13.2 Å². The normalized spacial score (nSPS) is 12.2. The zero-order valence-corrected chi connectivity index (χ0v) is 14.3. The van der Waals surface area contributed by atoms with Crippen LogP contribution in [-0.2, 0) is 22.6 Å². The number of hydrogen-bond acceptors (Lipinski definition) is 5. The highest BCUT2D eigenvalue weighted by Crippen LogP contribution is 2.28. The topological polar surface area (TPSA) is 76.1 Å². The highest BCUT2D eigenvalue weighted by Gasteiger charge is 2.32. The van der Waals surface area contributed by atoms with E-state index in [1.54, 1.807) is 0 Å². The van der Waals surface area contributed by atoms with E-state index in [2.05, 4.69) is 10.3 Å². The van der Waals surface area contributed by atoms with Crippen molar-refractivity contribution < 1.29 is 26.4 Å². The molecule has 10 heteroatoms. The zero-order chi connectivity index (χ0) is 18.1. The van der Waals surface area contributed by atoms with Gasteiger partial charge in [-0.1, -0.05) is 0 Å². The van der Waals surface area contributed by atoms with Crippen molar-refractivity contribution in [2.75, 3.05) is 6.26 Å². The van der Waals surface area contributed by atoms with Gasteiger partial charge in [0.15, 0.2) is 9.84 Å². The van der Waals surface area contributed by atoms with Crippen LogP contribution >= 0.6 is 11.3 Å². The predicted molar refractivity (Wildman–Crippen MR) is 82.6 cm³/mol. The van der Waals surface area contributed by atoms with Crippen LogP contribution in [-0.4, -0.2) is 25.6 Å². The molecular formula is C14H13F3N2O3S2. The van der Waals surface area contributed by atoms with E-state index in [-0.39, 0.29) is 15.6 Å². The van der Waals surface area contributed by atoms with Gasteiger partial charge in [-0.05, 0) is 36.2 Å². The third-order valence-electron chi connectivity index (χ3n) is 3.12. The third-order valence-corrected chi connectivity index (χ3v) is 6.02. The molecule has 0 saturated carbocycles. The van der Waals surface area contributed by atoms with Crippen LogP contribution in [0.2, 0.25) is 0 Å². The Bertz CT molecular complexity index is 874. The molecule has 0 atom stereocenters. The number of rotatable bonds is 4. The van der Waals surface area contributed by atoms with Crippen molar-refractivity contribution >= 4 is 27.1 Å². The van der Waals surface area contributed by atoms with E-state index in [1.165, 1.54) is 19.1 Å². The van der Waals surface area contributed by atoms with Crippen molar-refractivity contribution in [2.24, 2.45) is 0 Å². The monoisotopic (exact) mass is 378 g/mol. The first-order chi connectivity index (χ1) is 11.0. The molecule has 0 aromatic carbocycles. The van der Waals surface area contributed by atoms with Crippen molar-refractivity contribution in [1.29, 1.82) is 0 Å². The molecule has 0 aliphatic carbocycles. The lowest BCUT2D eigenvalue weighted by molar-refractivity contribution is -0.141. The van der Waals surface area contributed by atoms with Crippen LogP contribution in [0.25, 0.3) is 0 Å². The quantitative estimate of drug-likeness (QED) is 0.888. The van der Waals surface area contributed by atoms with Gasteiger partial charge >= 0.3 is 6.18 Å². The lowest BCUT2D eigenvalue weighted by atomic mass is 10.1. The Morgan fingerprint density at radius 2 is 2.00 bits per heavy atom. The van der Waals surface area contributed by atoms with Gasteiger partial charge in [0.05, 0.1) is 4.88 Å². The van der Waals surface area contributed by atoms with Crippen LogP contribution in [0.15, 0.2) is 28.6 Å². The second kappa shape index (κ2) is 6.52. The van der Waals surface area contributed by atoms with Gasteiger partial charge in [-0.3, -0.25) is 9.78 Å². The number of carbonyl (C=O) groups excluding carboxylic acids is 1. The minimum Gasteiger partial charge on any atom is -0.347 e. The minimum absolute atomic E-state index is 0.0120. The van der Waals surface area contributed by atoms with E-state index < -0.39 is 27.6 Å². The number of hydrogen-bond donors (Lipinski definition) is 1. The van der Waals surface area contributed by atoms with E-state index in [0.717, 1.165) is 29.9 Å². The summed E-state index contributed by atoms with van der Waals surface area (Å²) in [5, 5.41) is 2.53. The van der Waals surface area contributed by atoms with Crippen molar-refractivity contribution in [2.45, 2.75) is 23.9 Å². The maximum Gasteiger partial charge on any atom is 0.433 e. The molecule has 2 aromatic heterocycles. The lowest BCUT2D eigenvalue weighted by Crippen LogP contribution is -2.22. The van der Waals surface area contributed by atoms with Crippen molar-refractivity contribution in [3.8, 4) is 0 Å². The molecule has 0 radical (unpaired) electrons. The molecule has 2 rings (SSSR count). The van der Waals surface area contributed by atoms with Gasteiger partial charge in [0.1, 0.15) is 9.90 Å². The van der Waals surface area contributed by atoms with Gasteiger partial charge < -0.3 is 5.32 Å². The van der Waals surface area contributed by atoms with Gasteiger partial charge in [-0.25, -0.2) is 8.42 Å². The van der Waals surface area contributed by atoms with E-state index >= 15 is 0 Å². The first-order valence-electron chi connectivity index (χ1n) is 6.59. The molecule has 0 spiro atoms. The summed E-state index contributed by atoms with van der Waals surface area (Å²) in [4.78, 5) is 15.5.